The molecule has 0 fully saturated rings. The van der Waals surface area contributed by atoms with Gasteiger partial charge in [-0.05, 0) is 56.8 Å². The average molecular weight is 364 g/mol. The van der Waals surface area contributed by atoms with Crippen molar-refractivity contribution >= 4 is 5.69 Å². The first kappa shape index (κ1) is 19.1. The van der Waals surface area contributed by atoms with Gasteiger partial charge in [0.25, 0.3) is 0 Å². The smallest absolute Gasteiger partial charge is 0.0695 e. The van der Waals surface area contributed by atoms with Crippen LogP contribution >= 0.6 is 0 Å². The Morgan fingerprint density at radius 3 is 2.56 bits per heavy atom. The van der Waals surface area contributed by atoms with E-state index in [1.54, 1.807) is 0 Å². The van der Waals surface area contributed by atoms with Crippen molar-refractivity contribution in [1.29, 1.82) is 0 Å². The van der Waals surface area contributed by atoms with Crippen LogP contribution in [0.25, 0.3) is 11.3 Å². The maximum absolute atomic E-state index is 4.27. The number of unbranched alkanes of at least 4 members (excludes halogenated alkanes) is 1. The molecule has 0 spiro atoms. The fourth-order valence-electron chi connectivity index (χ4n) is 3.20. The van der Waals surface area contributed by atoms with Crippen LogP contribution in [0.2, 0.25) is 0 Å². The third-order valence-corrected chi connectivity index (χ3v) is 4.81. The molecule has 27 heavy (non-hydrogen) atoms. The molecule has 0 saturated heterocycles. The van der Waals surface area contributed by atoms with E-state index in [-0.39, 0.29) is 6.04 Å². The van der Waals surface area contributed by atoms with E-state index in [0.717, 1.165) is 30.0 Å². The Hall–Kier alpha value is -2.66. The molecule has 0 amide bonds. The number of hydrogen-bond donors (Lipinski definition) is 2. The van der Waals surface area contributed by atoms with E-state index in [0.29, 0.717) is 0 Å². The van der Waals surface area contributed by atoms with Crippen LogP contribution < -0.4 is 5.32 Å². The van der Waals surface area contributed by atoms with Crippen LogP contribution in [0.4, 0.5) is 5.69 Å². The van der Waals surface area contributed by atoms with Crippen molar-refractivity contribution in [2.24, 2.45) is 0 Å². The molecule has 2 aromatic heterocycles. The second kappa shape index (κ2) is 9.33. The standard InChI is InChI=1S/C22H29N5/c1-4-5-14-27(3)16-20-15-24-26-22(20)19-6-8-21(9-7-19)25-17(2)18-10-12-23-13-11-18/h6-13,15,17,25H,4-5,14,16H2,1-3H3,(H,24,26). The predicted molar refractivity (Wildman–Crippen MR) is 112 cm³/mol. The van der Waals surface area contributed by atoms with Crippen molar-refractivity contribution in [1.82, 2.24) is 20.1 Å². The lowest BCUT2D eigenvalue weighted by Gasteiger charge is -2.17. The van der Waals surface area contributed by atoms with Crippen LogP contribution in [0.5, 0.6) is 0 Å². The summed E-state index contributed by atoms with van der Waals surface area (Å²) in [7, 11) is 2.17. The van der Waals surface area contributed by atoms with Gasteiger partial charge in [-0.3, -0.25) is 10.1 Å². The molecule has 0 bridgehead atoms. The zero-order valence-corrected chi connectivity index (χ0v) is 16.4. The fourth-order valence-corrected chi connectivity index (χ4v) is 3.20. The molecule has 5 nitrogen and oxygen atoms in total. The first-order valence-electron chi connectivity index (χ1n) is 9.65. The van der Waals surface area contributed by atoms with Crippen LogP contribution in [0.1, 0.15) is 43.9 Å². The van der Waals surface area contributed by atoms with Crippen molar-refractivity contribution in [2.45, 2.75) is 39.3 Å². The van der Waals surface area contributed by atoms with Crippen LogP contribution in [0.15, 0.2) is 55.0 Å². The van der Waals surface area contributed by atoms with Crippen LogP contribution in [0, 0.1) is 0 Å². The molecule has 0 saturated carbocycles. The van der Waals surface area contributed by atoms with Gasteiger partial charge < -0.3 is 10.2 Å². The van der Waals surface area contributed by atoms with Gasteiger partial charge in [0.1, 0.15) is 0 Å². The number of H-pyrrole nitrogens is 1. The normalized spacial score (nSPS) is 12.3. The van der Waals surface area contributed by atoms with Gasteiger partial charge in [-0.2, -0.15) is 5.10 Å². The zero-order chi connectivity index (χ0) is 19.1. The van der Waals surface area contributed by atoms with Gasteiger partial charge in [-0.25, -0.2) is 0 Å². The second-order valence-electron chi connectivity index (χ2n) is 7.09. The van der Waals surface area contributed by atoms with E-state index in [2.05, 4.69) is 70.6 Å². The van der Waals surface area contributed by atoms with Crippen LogP contribution in [0.3, 0.4) is 0 Å². The van der Waals surface area contributed by atoms with E-state index in [1.807, 2.05) is 30.7 Å². The summed E-state index contributed by atoms with van der Waals surface area (Å²) in [4.78, 5) is 6.43. The quantitative estimate of drug-likeness (QED) is 0.569. The summed E-state index contributed by atoms with van der Waals surface area (Å²) in [6, 6.07) is 12.8. The largest absolute Gasteiger partial charge is 0.379 e. The molecule has 3 rings (SSSR count). The number of aromatic nitrogens is 3. The first-order chi connectivity index (χ1) is 13.2. The molecule has 1 atom stereocenters. The molecule has 142 valence electrons. The van der Waals surface area contributed by atoms with Gasteiger partial charge in [0.05, 0.1) is 11.9 Å². The van der Waals surface area contributed by atoms with Gasteiger partial charge in [-0.1, -0.05) is 25.5 Å². The summed E-state index contributed by atoms with van der Waals surface area (Å²) in [5.74, 6) is 0. The number of pyridine rings is 1. The van der Waals surface area contributed by atoms with Crippen molar-refractivity contribution in [3.8, 4) is 11.3 Å². The van der Waals surface area contributed by atoms with E-state index < -0.39 is 0 Å². The highest BCUT2D eigenvalue weighted by atomic mass is 15.1. The molecule has 1 aromatic carbocycles. The van der Waals surface area contributed by atoms with E-state index in [9.17, 15) is 0 Å². The van der Waals surface area contributed by atoms with E-state index in [1.165, 1.54) is 24.0 Å². The Balaban J connectivity index is 1.66. The Morgan fingerprint density at radius 2 is 1.85 bits per heavy atom. The molecule has 0 aliphatic rings. The third kappa shape index (κ3) is 5.17. The SMILES string of the molecule is CCCCN(C)Cc1cn[nH]c1-c1ccc(NC(C)c2ccncc2)cc1. The minimum atomic E-state index is 0.230. The highest BCUT2D eigenvalue weighted by Gasteiger charge is 2.11. The lowest BCUT2D eigenvalue weighted by Crippen LogP contribution is -2.19. The summed E-state index contributed by atoms with van der Waals surface area (Å²) >= 11 is 0. The predicted octanol–water partition coefficient (Wildman–Crippen LogP) is 4.88. The van der Waals surface area contributed by atoms with Crippen molar-refractivity contribution < 1.29 is 0 Å². The molecule has 0 aliphatic carbocycles. The highest BCUT2D eigenvalue weighted by molar-refractivity contribution is 5.65. The lowest BCUT2D eigenvalue weighted by molar-refractivity contribution is 0.321. The molecule has 0 radical (unpaired) electrons. The van der Waals surface area contributed by atoms with Crippen molar-refractivity contribution in [3.63, 3.8) is 0 Å². The fraction of sp³-hybridized carbons (Fsp3) is 0.364. The molecular formula is C22H29N5. The number of anilines is 1. The number of aromatic amines is 1. The zero-order valence-electron chi connectivity index (χ0n) is 16.4. The number of nitrogens with one attached hydrogen (secondary N) is 2. The molecule has 5 heteroatoms. The Bertz CT molecular complexity index is 810. The topological polar surface area (TPSA) is 56.8 Å². The summed E-state index contributed by atoms with van der Waals surface area (Å²) in [6.45, 7) is 6.40. The Morgan fingerprint density at radius 1 is 1.11 bits per heavy atom. The van der Waals surface area contributed by atoms with E-state index in [4.69, 9.17) is 0 Å². The molecular weight excluding hydrogens is 334 g/mol. The van der Waals surface area contributed by atoms with Gasteiger partial charge in [0.2, 0.25) is 0 Å². The molecule has 3 aromatic rings. The van der Waals surface area contributed by atoms with Gasteiger partial charge in [-0.15, -0.1) is 0 Å². The van der Waals surface area contributed by atoms with Crippen LogP contribution in [-0.2, 0) is 6.54 Å². The monoisotopic (exact) mass is 363 g/mol. The van der Waals surface area contributed by atoms with Crippen LogP contribution in [-0.4, -0.2) is 33.7 Å². The highest BCUT2D eigenvalue weighted by Crippen LogP contribution is 2.25. The number of nitrogens with zero attached hydrogens (tertiary/aromatic N) is 3. The van der Waals surface area contributed by atoms with E-state index >= 15 is 0 Å². The number of rotatable bonds is 9. The molecule has 2 heterocycles. The average Bonchev–Trinajstić information content (AvgIpc) is 3.15. The molecule has 0 aliphatic heterocycles. The van der Waals surface area contributed by atoms with Gasteiger partial charge in [0, 0.05) is 41.8 Å². The maximum atomic E-state index is 4.27. The number of hydrogen-bond acceptors (Lipinski definition) is 4. The number of benzene rings is 1. The van der Waals surface area contributed by atoms with Gasteiger partial charge >= 0.3 is 0 Å². The maximum Gasteiger partial charge on any atom is 0.0695 e. The summed E-state index contributed by atoms with van der Waals surface area (Å²) in [5.41, 5.74) is 5.82. The second-order valence-corrected chi connectivity index (χ2v) is 7.09. The molecule has 2 N–H and O–H groups in total. The Kier molecular flexibility index (Phi) is 6.60. The lowest BCUT2D eigenvalue weighted by atomic mass is 10.1. The third-order valence-electron chi connectivity index (χ3n) is 4.81. The minimum Gasteiger partial charge on any atom is -0.379 e. The summed E-state index contributed by atoms with van der Waals surface area (Å²) in [6.07, 6.45) is 8.03. The van der Waals surface area contributed by atoms with Crippen molar-refractivity contribution in [3.05, 3.63) is 66.1 Å². The summed E-state index contributed by atoms with van der Waals surface area (Å²) < 4.78 is 0. The van der Waals surface area contributed by atoms with Crippen molar-refractivity contribution in [2.75, 3.05) is 18.9 Å². The first-order valence-corrected chi connectivity index (χ1v) is 9.65. The minimum absolute atomic E-state index is 0.230. The molecule has 1 unspecified atom stereocenters. The Labute approximate surface area is 161 Å². The van der Waals surface area contributed by atoms with Gasteiger partial charge in [0.15, 0.2) is 0 Å². The summed E-state index contributed by atoms with van der Waals surface area (Å²) in [5, 5.41) is 11.0.